The van der Waals surface area contributed by atoms with Crippen molar-refractivity contribution in [1.29, 1.82) is 0 Å². The van der Waals surface area contributed by atoms with Gasteiger partial charge in [0, 0.05) is 11.1 Å². The summed E-state index contributed by atoms with van der Waals surface area (Å²) >= 11 is 0. The van der Waals surface area contributed by atoms with Gasteiger partial charge in [0.1, 0.15) is 0 Å². The van der Waals surface area contributed by atoms with Gasteiger partial charge in [0.25, 0.3) is 5.91 Å². The number of hydrogen-bond acceptors (Lipinski definition) is 3. The van der Waals surface area contributed by atoms with Crippen LogP contribution in [0.15, 0.2) is 89.9 Å². The first-order chi connectivity index (χ1) is 15.5. The van der Waals surface area contributed by atoms with Crippen molar-refractivity contribution in [3.63, 3.8) is 0 Å². The monoisotopic (exact) mass is 420 g/mol. The van der Waals surface area contributed by atoms with Gasteiger partial charge in [0.2, 0.25) is 5.88 Å². The average Bonchev–Trinajstić information content (AvgIpc) is 3.30. The molecule has 5 heteroatoms. The maximum atomic E-state index is 13.0. The molecule has 0 saturated carbocycles. The molecule has 5 rings (SSSR count). The maximum Gasteiger partial charge on any atom is 0.280 e. The number of hydrogen-bond donors (Lipinski definition) is 1. The van der Waals surface area contributed by atoms with E-state index in [2.05, 4.69) is 4.99 Å². The second-order valence-electron chi connectivity index (χ2n) is 7.76. The van der Waals surface area contributed by atoms with E-state index < -0.39 is 0 Å². The molecule has 1 aromatic heterocycles. The van der Waals surface area contributed by atoms with Crippen LogP contribution in [0, 0.1) is 0 Å². The van der Waals surface area contributed by atoms with Crippen LogP contribution in [-0.2, 0) is 6.54 Å². The van der Waals surface area contributed by atoms with Crippen LogP contribution in [0.2, 0.25) is 0 Å². The molecule has 0 fully saturated rings. The van der Waals surface area contributed by atoms with Crippen molar-refractivity contribution in [2.45, 2.75) is 13.5 Å². The third-order valence-electron chi connectivity index (χ3n) is 5.70. The van der Waals surface area contributed by atoms with Gasteiger partial charge in [-0.2, -0.15) is 0 Å². The van der Waals surface area contributed by atoms with Crippen molar-refractivity contribution in [3.8, 4) is 17.1 Å². The summed E-state index contributed by atoms with van der Waals surface area (Å²) < 4.78 is 1.75. The summed E-state index contributed by atoms with van der Waals surface area (Å²) in [5.74, 6) is -0.361. The number of aliphatic imine (C=N–C) groups is 1. The predicted molar refractivity (Wildman–Crippen MR) is 123 cm³/mol. The maximum absolute atomic E-state index is 13.0. The second-order valence-corrected chi connectivity index (χ2v) is 7.76. The van der Waals surface area contributed by atoms with E-state index in [0.717, 1.165) is 16.7 Å². The third-order valence-corrected chi connectivity index (χ3v) is 5.70. The minimum absolute atomic E-state index is 0.00127. The van der Waals surface area contributed by atoms with Crippen molar-refractivity contribution in [3.05, 3.63) is 113 Å². The zero-order valence-electron chi connectivity index (χ0n) is 17.4. The van der Waals surface area contributed by atoms with Crippen molar-refractivity contribution >= 4 is 17.4 Å². The number of benzene rings is 3. The van der Waals surface area contributed by atoms with Crippen LogP contribution in [-0.4, -0.2) is 27.1 Å². The van der Waals surface area contributed by atoms with Crippen LogP contribution in [0.1, 0.15) is 44.3 Å². The molecule has 0 aliphatic carbocycles. The molecule has 0 radical (unpaired) electrons. The molecule has 3 aromatic carbocycles. The molecule has 0 atom stereocenters. The molecule has 1 aliphatic rings. The standard InChI is InChI=1S/C27H20N2O3/c1-17(30)19-14-12-18(13-15-19)16-29-25(21-10-6-3-7-11-21)23-22(27(29)32)24(28-26(23)31)20-8-4-2-5-9-20/h2-15,32H,16H2,1H3. The number of fused-ring (bicyclic) bond motifs is 1. The quantitative estimate of drug-likeness (QED) is 0.457. The summed E-state index contributed by atoms with van der Waals surface area (Å²) in [6.07, 6.45) is 0. The van der Waals surface area contributed by atoms with Crippen LogP contribution in [0.25, 0.3) is 11.3 Å². The molecular weight excluding hydrogens is 400 g/mol. The summed E-state index contributed by atoms with van der Waals surface area (Å²) in [6.45, 7) is 1.87. The first-order valence-electron chi connectivity index (χ1n) is 10.3. The Bertz CT molecular complexity index is 1370. The fourth-order valence-electron chi connectivity index (χ4n) is 4.13. The molecule has 0 saturated heterocycles. The van der Waals surface area contributed by atoms with E-state index in [-0.39, 0.29) is 17.6 Å². The topological polar surface area (TPSA) is 71.7 Å². The van der Waals surface area contributed by atoms with E-state index in [1.807, 2.05) is 72.8 Å². The Kier molecular flexibility index (Phi) is 4.79. The number of amides is 1. The molecule has 4 aromatic rings. The average molecular weight is 420 g/mol. The van der Waals surface area contributed by atoms with Crippen molar-refractivity contribution in [2.24, 2.45) is 4.99 Å². The highest BCUT2D eigenvalue weighted by molar-refractivity contribution is 6.30. The van der Waals surface area contributed by atoms with Gasteiger partial charge in [0.15, 0.2) is 5.78 Å². The van der Waals surface area contributed by atoms with E-state index in [4.69, 9.17) is 0 Å². The molecule has 1 aliphatic heterocycles. The highest BCUT2D eigenvalue weighted by Gasteiger charge is 2.36. The molecular formula is C27H20N2O3. The normalized spacial score (nSPS) is 12.5. The van der Waals surface area contributed by atoms with E-state index >= 15 is 0 Å². The summed E-state index contributed by atoms with van der Waals surface area (Å²) in [4.78, 5) is 28.9. The summed E-state index contributed by atoms with van der Waals surface area (Å²) in [7, 11) is 0. The summed E-state index contributed by atoms with van der Waals surface area (Å²) in [5, 5.41) is 11.3. The predicted octanol–water partition coefficient (Wildman–Crippen LogP) is 5.10. The van der Waals surface area contributed by atoms with Crippen LogP contribution in [0.5, 0.6) is 5.88 Å². The van der Waals surface area contributed by atoms with E-state index in [1.54, 1.807) is 16.7 Å². The Morgan fingerprint density at radius 2 is 1.44 bits per heavy atom. The number of nitrogens with zero attached hydrogens (tertiary/aromatic N) is 2. The van der Waals surface area contributed by atoms with E-state index in [9.17, 15) is 14.7 Å². The first kappa shape index (κ1) is 19.7. The molecule has 2 heterocycles. The highest BCUT2D eigenvalue weighted by atomic mass is 16.3. The Balaban J connectivity index is 1.69. The third kappa shape index (κ3) is 3.24. The number of carbonyl (C=O) groups is 2. The van der Waals surface area contributed by atoms with Gasteiger partial charge in [-0.15, -0.1) is 0 Å². The van der Waals surface area contributed by atoms with Crippen molar-refractivity contribution < 1.29 is 14.7 Å². The van der Waals surface area contributed by atoms with Crippen LogP contribution >= 0.6 is 0 Å². The lowest BCUT2D eigenvalue weighted by molar-refractivity contribution is 0.100. The van der Waals surface area contributed by atoms with Gasteiger partial charge in [0.05, 0.1) is 29.1 Å². The lowest BCUT2D eigenvalue weighted by Gasteiger charge is -2.13. The molecule has 156 valence electrons. The largest absolute Gasteiger partial charge is 0.494 e. The van der Waals surface area contributed by atoms with Gasteiger partial charge in [-0.3, -0.25) is 9.59 Å². The van der Waals surface area contributed by atoms with Crippen LogP contribution < -0.4 is 0 Å². The first-order valence-corrected chi connectivity index (χ1v) is 10.3. The number of aromatic hydroxyl groups is 1. The molecule has 0 bridgehead atoms. The minimum Gasteiger partial charge on any atom is -0.494 e. The Morgan fingerprint density at radius 1 is 0.844 bits per heavy atom. The number of carbonyl (C=O) groups excluding carboxylic acids is 2. The molecule has 0 spiro atoms. The lowest BCUT2D eigenvalue weighted by Crippen LogP contribution is -2.05. The lowest BCUT2D eigenvalue weighted by atomic mass is 10.0. The molecule has 5 nitrogen and oxygen atoms in total. The Labute approximate surface area is 185 Å². The molecule has 0 unspecified atom stereocenters. The minimum atomic E-state index is -0.362. The van der Waals surface area contributed by atoms with Gasteiger partial charge in [-0.1, -0.05) is 84.9 Å². The molecule has 1 N–H and O–H groups in total. The van der Waals surface area contributed by atoms with Crippen LogP contribution in [0.4, 0.5) is 0 Å². The Hall–Kier alpha value is -4.25. The fourth-order valence-corrected chi connectivity index (χ4v) is 4.13. The number of aromatic nitrogens is 1. The Morgan fingerprint density at radius 3 is 2.03 bits per heavy atom. The number of ketones is 1. The van der Waals surface area contributed by atoms with Gasteiger partial charge < -0.3 is 9.67 Å². The smallest absolute Gasteiger partial charge is 0.280 e. The summed E-state index contributed by atoms with van der Waals surface area (Å²) in [5.41, 5.74) is 5.11. The fraction of sp³-hybridized carbons (Fsp3) is 0.0741. The number of rotatable bonds is 5. The van der Waals surface area contributed by atoms with E-state index in [0.29, 0.717) is 34.6 Å². The number of Topliss-reactive ketones (excluding diaryl/α,β-unsaturated/α-hetero) is 1. The van der Waals surface area contributed by atoms with E-state index in [1.165, 1.54) is 6.92 Å². The SMILES string of the molecule is CC(=O)c1ccc(Cn2c(O)c3c(c2-c2ccccc2)C(=O)N=C3c2ccccc2)cc1. The summed E-state index contributed by atoms with van der Waals surface area (Å²) in [6, 6.07) is 26.2. The molecule has 1 amide bonds. The van der Waals surface area contributed by atoms with Crippen molar-refractivity contribution in [2.75, 3.05) is 0 Å². The van der Waals surface area contributed by atoms with Crippen molar-refractivity contribution in [1.82, 2.24) is 4.57 Å². The van der Waals surface area contributed by atoms with Crippen LogP contribution in [0.3, 0.4) is 0 Å². The second kappa shape index (κ2) is 7.78. The molecule has 32 heavy (non-hydrogen) atoms. The van der Waals surface area contributed by atoms with Gasteiger partial charge in [-0.25, -0.2) is 4.99 Å². The van der Waals surface area contributed by atoms with Gasteiger partial charge >= 0.3 is 0 Å². The zero-order valence-corrected chi connectivity index (χ0v) is 17.4. The van der Waals surface area contributed by atoms with Gasteiger partial charge in [-0.05, 0) is 18.1 Å². The highest BCUT2D eigenvalue weighted by Crippen LogP contribution is 2.41. The zero-order chi connectivity index (χ0) is 22.2.